The molecule has 1 heterocycles. The monoisotopic (exact) mass is 268 g/mol. The van der Waals surface area contributed by atoms with Crippen molar-refractivity contribution < 1.29 is 4.74 Å². The lowest BCUT2D eigenvalue weighted by molar-refractivity contribution is 0.0687. The van der Waals surface area contributed by atoms with E-state index in [2.05, 4.69) is 11.8 Å². The lowest BCUT2D eigenvalue weighted by Crippen LogP contribution is -2.54. The van der Waals surface area contributed by atoms with Gasteiger partial charge in [0.25, 0.3) is 0 Å². The van der Waals surface area contributed by atoms with Crippen LogP contribution in [0.1, 0.15) is 58.3 Å². The van der Waals surface area contributed by atoms with Gasteiger partial charge in [0.05, 0.1) is 6.61 Å². The van der Waals surface area contributed by atoms with Gasteiger partial charge in [0.15, 0.2) is 0 Å². The van der Waals surface area contributed by atoms with E-state index in [-0.39, 0.29) is 5.54 Å². The Balaban J connectivity index is 2.00. The zero-order chi connectivity index (χ0) is 13.6. The normalized spacial score (nSPS) is 34.7. The van der Waals surface area contributed by atoms with Crippen LogP contribution in [0.5, 0.6) is 0 Å². The van der Waals surface area contributed by atoms with Gasteiger partial charge in [0.1, 0.15) is 0 Å². The average molecular weight is 268 g/mol. The topological polar surface area (TPSA) is 38.5 Å². The molecule has 2 rings (SSSR count). The third-order valence-electron chi connectivity index (χ3n) is 5.24. The van der Waals surface area contributed by atoms with Crippen LogP contribution in [0.2, 0.25) is 0 Å². The molecule has 0 amide bonds. The van der Waals surface area contributed by atoms with Crippen LogP contribution in [-0.4, -0.2) is 43.3 Å². The summed E-state index contributed by atoms with van der Waals surface area (Å²) in [5, 5.41) is 0. The molecule has 3 heteroatoms. The van der Waals surface area contributed by atoms with Gasteiger partial charge < -0.3 is 10.5 Å². The van der Waals surface area contributed by atoms with Gasteiger partial charge in [-0.2, -0.15) is 0 Å². The van der Waals surface area contributed by atoms with Gasteiger partial charge in [0.2, 0.25) is 0 Å². The van der Waals surface area contributed by atoms with E-state index in [1.165, 1.54) is 57.9 Å². The molecule has 0 spiro atoms. The highest BCUT2D eigenvalue weighted by molar-refractivity contribution is 4.94. The maximum absolute atomic E-state index is 6.23. The summed E-state index contributed by atoms with van der Waals surface area (Å²) in [6.45, 7) is 7.21. The van der Waals surface area contributed by atoms with Crippen molar-refractivity contribution in [2.24, 2.45) is 11.7 Å². The summed E-state index contributed by atoms with van der Waals surface area (Å²) in [7, 11) is 0. The smallest absolute Gasteiger partial charge is 0.0593 e. The van der Waals surface area contributed by atoms with E-state index in [0.29, 0.717) is 0 Å². The quantitative estimate of drug-likeness (QED) is 0.797. The molecule has 2 aliphatic rings. The van der Waals surface area contributed by atoms with Crippen LogP contribution in [0, 0.1) is 5.92 Å². The number of ether oxygens (including phenoxy) is 1. The van der Waals surface area contributed by atoms with Crippen molar-refractivity contribution in [2.75, 3.05) is 32.8 Å². The lowest BCUT2D eigenvalue weighted by Gasteiger charge is -2.42. The zero-order valence-electron chi connectivity index (χ0n) is 12.7. The van der Waals surface area contributed by atoms with Gasteiger partial charge >= 0.3 is 0 Å². The van der Waals surface area contributed by atoms with Crippen LogP contribution < -0.4 is 5.73 Å². The van der Waals surface area contributed by atoms with Crippen LogP contribution in [0.4, 0.5) is 0 Å². The minimum Gasteiger partial charge on any atom is -0.380 e. The van der Waals surface area contributed by atoms with E-state index in [1.807, 2.05) is 0 Å². The maximum atomic E-state index is 6.23. The Morgan fingerprint density at radius 3 is 2.84 bits per heavy atom. The number of rotatable bonds is 4. The van der Waals surface area contributed by atoms with Crippen LogP contribution >= 0.6 is 0 Å². The van der Waals surface area contributed by atoms with Gasteiger partial charge in [-0.25, -0.2) is 0 Å². The first-order valence-corrected chi connectivity index (χ1v) is 8.33. The van der Waals surface area contributed by atoms with Crippen molar-refractivity contribution in [3.63, 3.8) is 0 Å². The van der Waals surface area contributed by atoms with E-state index < -0.39 is 0 Å². The molecule has 1 saturated carbocycles. The van der Waals surface area contributed by atoms with Crippen molar-refractivity contribution in [3.8, 4) is 0 Å². The summed E-state index contributed by atoms with van der Waals surface area (Å²) in [5.74, 6) is 0.946. The van der Waals surface area contributed by atoms with Crippen molar-refractivity contribution >= 4 is 0 Å². The molecule has 2 atom stereocenters. The molecule has 3 nitrogen and oxygen atoms in total. The molecule has 1 aliphatic heterocycles. The van der Waals surface area contributed by atoms with Crippen LogP contribution in [0.25, 0.3) is 0 Å². The Bertz CT molecular complexity index is 251. The molecule has 0 aromatic carbocycles. The first-order valence-electron chi connectivity index (χ1n) is 8.33. The number of hydrogen-bond acceptors (Lipinski definition) is 3. The lowest BCUT2D eigenvalue weighted by atomic mass is 9.87. The van der Waals surface area contributed by atoms with Crippen LogP contribution in [-0.2, 0) is 4.74 Å². The number of nitrogens with two attached hydrogens (primary N) is 1. The van der Waals surface area contributed by atoms with Crippen LogP contribution in [0.3, 0.4) is 0 Å². The minimum absolute atomic E-state index is 0.274. The molecule has 2 unspecified atom stereocenters. The average Bonchev–Trinajstić information content (AvgIpc) is 2.81. The second-order valence-corrected chi connectivity index (χ2v) is 6.47. The molecule has 0 radical (unpaired) electrons. The van der Waals surface area contributed by atoms with Crippen molar-refractivity contribution in [1.82, 2.24) is 4.90 Å². The van der Waals surface area contributed by atoms with Gasteiger partial charge in [-0.3, -0.25) is 4.90 Å². The SMILES string of the molecule is CCCC1CCCC(CN)(N2CCCOCC2)CC1. The van der Waals surface area contributed by atoms with E-state index >= 15 is 0 Å². The minimum atomic E-state index is 0.274. The Morgan fingerprint density at radius 1 is 1.16 bits per heavy atom. The molecule has 0 aromatic heterocycles. The molecular formula is C16H32N2O. The van der Waals surface area contributed by atoms with E-state index in [9.17, 15) is 0 Å². The van der Waals surface area contributed by atoms with Gasteiger partial charge in [-0.05, 0) is 31.6 Å². The molecule has 19 heavy (non-hydrogen) atoms. The fourth-order valence-electron chi connectivity index (χ4n) is 4.03. The third-order valence-corrected chi connectivity index (χ3v) is 5.24. The number of nitrogens with zero attached hydrogens (tertiary/aromatic N) is 1. The summed E-state index contributed by atoms with van der Waals surface area (Å²) >= 11 is 0. The van der Waals surface area contributed by atoms with Crippen molar-refractivity contribution in [2.45, 2.75) is 63.8 Å². The van der Waals surface area contributed by atoms with Crippen LogP contribution in [0.15, 0.2) is 0 Å². The van der Waals surface area contributed by atoms with Gasteiger partial charge in [0, 0.05) is 31.8 Å². The molecule has 0 aromatic rings. The number of hydrogen-bond donors (Lipinski definition) is 1. The first kappa shape index (κ1) is 15.3. The highest BCUT2D eigenvalue weighted by Gasteiger charge is 2.37. The molecule has 112 valence electrons. The van der Waals surface area contributed by atoms with Gasteiger partial charge in [-0.1, -0.05) is 32.6 Å². The Kier molecular flexibility index (Phi) is 6.11. The predicted molar refractivity (Wildman–Crippen MR) is 80.3 cm³/mol. The molecular weight excluding hydrogens is 236 g/mol. The summed E-state index contributed by atoms with van der Waals surface area (Å²) in [5.41, 5.74) is 6.50. The second kappa shape index (κ2) is 7.61. The molecule has 2 N–H and O–H groups in total. The maximum Gasteiger partial charge on any atom is 0.0593 e. The van der Waals surface area contributed by atoms with Gasteiger partial charge in [-0.15, -0.1) is 0 Å². The largest absolute Gasteiger partial charge is 0.380 e. The van der Waals surface area contributed by atoms with E-state index in [0.717, 1.165) is 32.2 Å². The second-order valence-electron chi connectivity index (χ2n) is 6.47. The Hall–Kier alpha value is -0.120. The van der Waals surface area contributed by atoms with E-state index in [1.54, 1.807) is 0 Å². The van der Waals surface area contributed by atoms with E-state index in [4.69, 9.17) is 10.5 Å². The van der Waals surface area contributed by atoms with Crippen molar-refractivity contribution in [3.05, 3.63) is 0 Å². The highest BCUT2D eigenvalue weighted by Crippen LogP contribution is 2.36. The molecule has 1 aliphatic carbocycles. The zero-order valence-corrected chi connectivity index (χ0v) is 12.7. The summed E-state index contributed by atoms with van der Waals surface area (Å²) in [6, 6.07) is 0. The fraction of sp³-hybridized carbons (Fsp3) is 1.00. The fourth-order valence-corrected chi connectivity index (χ4v) is 4.03. The molecule has 2 fully saturated rings. The summed E-state index contributed by atoms with van der Waals surface area (Å²) in [6.07, 6.45) is 10.7. The molecule has 1 saturated heterocycles. The highest BCUT2D eigenvalue weighted by atomic mass is 16.5. The first-order chi connectivity index (χ1) is 9.30. The Morgan fingerprint density at radius 2 is 2.05 bits per heavy atom. The third kappa shape index (κ3) is 3.93. The predicted octanol–water partition coefficient (Wildman–Crippen LogP) is 2.79. The standard InChI is InChI=1S/C16H32N2O/c1-2-5-15-6-3-8-16(14-17,9-7-15)18-10-4-12-19-13-11-18/h15H,2-14,17H2,1H3. The van der Waals surface area contributed by atoms with Crippen molar-refractivity contribution in [1.29, 1.82) is 0 Å². The Labute approximate surface area is 118 Å². The summed E-state index contributed by atoms with van der Waals surface area (Å²) in [4.78, 5) is 2.66. The summed E-state index contributed by atoms with van der Waals surface area (Å²) < 4.78 is 5.61. The molecule has 0 bridgehead atoms.